The Morgan fingerprint density at radius 1 is 0.846 bits per heavy atom. The molecule has 1 N–H and O–H groups in total. The third-order valence-corrected chi connectivity index (χ3v) is 6.80. The van der Waals surface area contributed by atoms with Crippen LogP contribution >= 0.6 is 11.6 Å². The Morgan fingerprint density at radius 2 is 1.59 bits per heavy atom. The molecular weight excluding hydrogens is 517 g/mol. The molecule has 2 amide bonds. The van der Waals surface area contributed by atoms with Crippen molar-refractivity contribution in [2.45, 2.75) is 6.61 Å². The molecule has 1 aliphatic heterocycles. The summed E-state index contributed by atoms with van der Waals surface area (Å²) < 4.78 is 20.0. The molecule has 5 rings (SSSR count). The number of nitrogens with zero attached hydrogens (tertiary/aromatic N) is 2. The zero-order valence-electron chi connectivity index (χ0n) is 21.1. The van der Waals surface area contributed by atoms with Crippen LogP contribution in [-0.2, 0) is 6.61 Å². The Kier molecular flexibility index (Phi) is 8.08. The van der Waals surface area contributed by atoms with Crippen LogP contribution in [0.3, 0.4) is 0 Å². The molecule has 0 aliphatic carbocycles. The van der Waals surface area contributed by atoms with Crippen molar-refractivity contribution in [3.63, 3.8) is 0 Å². The molecule has 0 spiro atoms. The van der Waals surface area contributed by atoms with Gasteiger partial charge in [-0.05, 0) is 54.1 Å². The molecule has 1 saturated heterocycles. The Hall–Kier alpha value is -4.36. The summed E-state index contributed by atoms with van der Waals surface area (Å²) in [4.78, 5) is 29.7. The first-order chi connectivity index (χ1) is 19.0. The first-order valence-electron chi connectivity index (χ1n) is 12.6. The van der Waals surface area contributed by atoms with Crippen LogP contribution in [-0.4, -0.2) is 42.9 Å². The summed E-state index contributed by atoms with van der Waals surface area (Å²) in [6.45, 7) is 2.28. The van der Waals surface area contributed by atoms with E-state index < -0.39 is 5.82 Å². The minimum Gasteiger partial charge on any atom is -0.489 e. The Balaban J connectivity index is 1.25. The van der Waals surface area contributed by atoms with Gasteiger partial charge in [-0.1, -0.05) is 60.1 Å². The highest BCUT2D eigenvalue weighted by Gasteiger charge is 2.25. The van der Waals surface area contributed by atoms with Crippen LogP contribution in [0.15, 0.2) is 97.1 Å². The Bertz CT molecular complexity index is 1470. The van der Waals surface area contributed by atoms with Crippen LogP contribution < -0.4 is 15.0 Å². The minimum absolute atomic E-state index is 0.0698. The Labute approximate surface area is 231 Å². The third kappa shape index (κ3) is 6.38. The number of piperazine rings is 1. The summed E-state index contributed by atoms with van der Waals surface area (Å²) in [5, 5.41) is 3.47. The highest BCUT2D eigenvalue weighted by atomic mass is 35.5. The standard InChI is InChI=1S/C31H27ClFN3O3/c32-24-13-14-29(35-15-17-36(18-16-35)31(38)26-11-4-5-12-27(26)33)28(20-24)34-30(37)23-9-6-10-25(19-23)39-21-22-7-2-1-3-8-22/h1-14,19-20H,15-18,21H2,(H,34,37). The molecule has 0 atom stereocenters. The predicted molar refractivity (Wildman–Crippen MR) is 151 cm³/mol. The fraction of sp³-hybridized carbons (Fsp3) is 0.161. The number of anilines is 2. The van der Waals surface area contributed by atoms with Crippen LogP contribution in [0.5, 0.6) is 5.75 Å². The maximum absolute atomic E-state index is 14.1. The van der Waals surface area contributed by atoms with Crippen molar-refractivity contribution in [2.75, 3.05) is 36.4 Å². The van der Waals surface area contributed by atoms with Crippen molar-refractivity contribution in [2.24, 2.45) is 0 Å². The molecule has 0 bridgehead atoms. The summed E-state index contributed by atoms with van der Waals surface area (Å²) in [6.07, 6.45) is 0. The summed E-state index contributed by atoms with van der Waals surface area (Å²) in [6, 6.07) is 28.2. The average Bonchev–Trinajstić information content (AvgIpc) is 2.97. The Morgan fingerprint density at radius 3 is 2.36 bits per heavy atom. The molecule has 4 aromatic carbocycles. The zero-order valence-corrected chi connectivity index (χ0v) is 21.9. The zero-order chi connectivity index (χ0) is 27.2. The number of hydrogen-bond donors (Lipinski definition) is 1. The quantitative estimate of drug-likeness (QED) is 0.298. The molecule has 198 valence electrons. The lowest BCUT2D eigenvalue weighted by Crippen LogP contribution is -2.49. The topological polar surface area (TPSA) is 61.9 Å². The SMILES string of the molecule is O=C(Nc1cc(Cl)ccc1N1CCN(C(=O)c2ccccc2F)CC1)c1cccc(OCc2ccccc2)c1. The molecule has 6 nitrogen and oxygen atoms in total. The van der Waals surface area contributed by atoms with E-state index in [2.05, 4.69) is 10.2 Å². The fourth-order valence-electron chi connectivity index (χ4n) is 4.50. The van der Waals surface area contributed by atoms with E-state index in [0.717, 1.165) is 11.3 Å². The second-order valence-electron chi connectivity index (χ2n) is 9.18. The van der Waals surface area contributed by atoms with E-state index in [-0.39, 0.29) is 17.4 Å². The highest BCUT2D eigenvalue weighted by molar-refractivity contribution is 6.31. The number of benzene rings is 4. The summed E-state index contributed by atoms with van der Waals surface area (Å²) in [5.74, 6) is -0.556. The van der Waals surface area contributed by atoms with E-state index in [1.165, 1.54) is 12.1 Å². The highest BCUT2D eigenvalue weighted by Crippen LogP contribution is 2.31. The van der Waals surface area contributed by atoms with Crippen molar-refractivity contribution in [3.8, 4) is 5.75 Å². The van der Waals surface area contributed by atoms with Crippen LogP contribution in [0.2, 0.25) is 5.02 Å². The first-order valence-corrected chi connectivity index (χ1v) is 13.0. The van der Waals surface area contributed by atoms with E-state index in [9.17, 15) is 14.0 Å². The van der Waals surface area contributed by atoms with Gasteiger partial charge in [-0.25, -0.2) is 4.39 Å². The molecule has 1 fully saturated rings. The number of ether oxygens (including phenoxy) is 1. The van der Waals surface area contributed by atoms with Gasteiger partial charge in [0.1, 0.15) is 18.2 Å². The van der Waals surface area contributed by atoms with Crippen molar-refractivity contribution < 1.29 is 18.7 Å². The largest absolute Gasteiger partial charge is 0.489 e. The molecular formula is C31H27ClFN3O3. The average molecular weight is 544 g/mol. The van der Waals surface area contributed by atoms with Crippen LogP contribution in [0.25, 0.3) is 0 Å². The second kappa shape index (κ2) is 12.0. The number of rotatable bonds is 7. The number of carbonyl (C=O) groups excluding carboxylic acids is 2. The van der Waals surface area contributed by atoms with Gasteiger partial charge in [0.05, 0.1) is 16.9 Å². The van der Waals surface area contributed by atoms with Gasteiger partial charge in [0.25, 0.3) is 11.8 Å². The summed E-state index contributed by atoms with van der Waals surface area (Å²) in [5.41, 5.74) is 2.91. The van der Waals surface area contributed by atoms with Gasteiger partial charge in [-0.2, -0.15) is 0 Å². The molecule has 0 unspecified atom stereocenters. The normalized spacial score (nSPS) is 13.2. The number of nitrogens with one attached hydrogen (secondary N) is 1. The van der Waals surface area contributed by atoms with E-state index in [4.69, 9.17) is 16.3 Å². The number of amides is 2. The van der Waals surface area contributed by atoms with Crippen LogP contribution in [0, 0.1) is 5.82 Å². The maximum atomic E-state index is 14.1. The molecule has 4 aromatic rings. The van der Waals surface area contributed by atoms with Crippen molar-refractivity contribution in [3.05, 3.63) is 125 Å². The lowest BCUT2D eigenvalue weighted by molar-refractivity contribution is 0.0742. The van der Waals surface area contributed by atoms with Gasteiger partial charge in [0, 0.05) is 36.8 Å². The molecule has 0 saturated carbocycles. The van der Waals surface area contributed by atoms with Crippen molar-refractivity contribution >= 4 is 34.8 Å². The molecule has 8 heteroatoms. The molecule has 0 aromatic heterocycles. The minimum atomic E-state index is -0.526. The van der Waals surface area contributed by atoms with Gasteiger partial charge in [-0.3, -0.25) is 9.59 Å². The second-order valence-corrected chi connectivity index (χ2v) is 9.61. The first kappa shape index (κ1) is 26.3. The van der Waals surface area contributed by atoms with Crippen molar-refractivity contribution in [1.82, 2.24) is 4.90 Å². The monoisotopic (exact) mass is 543 g/mol. The number of halogens is 2. The predicted octanol–water partition coefficient (Wildman–Crippen LogP) is 6.27. The lowest BCUT2D eigenvalue weighted by atomic mass is 10.1. The maximum Gasteiger partial charge on any atom is 0.256 e. The van der Waals surface area contributed by atoms with Gasteiger partial charge in [-0.15, -0.1) is 0 Å². The summed E-state index contributed by atoms with van der Waals surface area (Å²) >= 11 is 6.28. The van der Waals surface area contributed by atoms with Crippen LogP contribution in [0.4, 0.5) is 15.8 Å². The number of hydrogen-bond acceptors (Lipinski definition) is 4. The van der Waals surface area contributed by atoms with Gasteiger partial charge >= 0.3 is 0 Å². The molecule has 1 heterocycles. The van der Waals surface area contributed by atoms with E-state index in [1.54, 1.807) is 47.4 Å². The molecule has 0 radical (unpaired) electrons. The van der Waals surface area contributed by atoms with Gasteiger partial charge in [0.15, 0.2) is 0 Å². The van der Waals surface area contributed by atoms with Crippen LogP contribution in [0.1, 0.15) is 26.3 Å². The van der Waals surface area contributed by atoms with E-state index in [1.807, 2.05) is 42.5 Å². The summed E-state index contributed by atoms with van der Waals surface area (Å²) in [7, 11) is 0. The van der Waals surface area contributed by atoms with E-state index in [0.29, 0.717) is 54.8 Å². The lowest BCUT2D eigenvalue weighted by Gasteiger charge is -2.37. The van der Waals surface area contributed by atoms with Gasteiger partial charge < -0.3 is 19.9 Å². The molecule has 39 heavy (non-hydrogen) atoms. The van der Waals surface area contributed by atoms with Gasteiger partial charge in [0.2, 0.25) is 0 Å². The fourth-order valence-corrected chi connectivity index (χ4v) is 4.67. The number of carbonyl (C=O) groups is 2. The van der Waals surface area contributed by atoms with Crippen molar-refractivity contribution in [1.29, 1.82) is 0 Å². The smallest absolute Gasteiger partial charge is 0.256 e. The third-order valence-electron chi connectivity index (χ3n) is 6.56. The molecule has 1 aliphatic rings. The van der Waals surface area contributed by atoms with E-state index >= 15 is 0 Å².